The Balaban J connectivity index is 1.62. The van der Waals surface area contributed by atoms with Crippen LogP contribution in [0.3, 0.4) is 0 Å². The van der Waals surface area contributed by atoms with Gasteiger partial charge in [0.25, 0.3) is 0 Å². The van der Waals surface area contributed by atoms with Gasteiger partial charge in [-0.25, -0.2) is 4.79 Å². The lowest BCUT2D eigenvalue weighted by Gasteiger charge is -2.21. The molecular weight excluding hydrogens is 394 g/mol. The summed E-state index contributed by atoms with van der Waals surface area (Å²) in [7, 11) is 0. The lowest BCUT2D eigenvalue weighted by Crippen LogP contribution is -2.50. The molecule has 7 heteroatoms. The van der Waals surface area contributed by atoms with Crippen molar-refractivity contribution in [1.82, 2.24) is 10.3 Å². The van der Waals surface area contributed by atoms with E-state index in [9.17, 15) is 14.7 Å². The van der Waals surface area contributed by atoms with E-state index in [4.69, 9.17) is 10.5 Å². The van der Waals surface area contributed by atoms with E-state index in [0.717, 1.165) is 27.8 Å². The highest BCUT2D eigenvalue weighted by Gasteiger charge is 2.25. The van der Waals surface area contributed by atoms with Gasteiger partial charge in [-0.1, -0.05) is 30.3 Å². The van der Waals surface area contributed by atoms with Crippen molar-refractivity contribution in [1.29, 1.82) is 0 Å². The molecule has 2 atom stereocenters. The molecule has 1 amide bonds. The number of rotatable bonds is 8. The predicted molar refractivity (Wildman–Crippen MR) is 120 cm³/mol. The second kappa shape index (κ2) is 9.22. The molecule has 164 valence electrons. The summed E-state index contributed by atoms with van der Waals surface area (Å²) in [4.78, 5) is 27.4. The molecule has 3 aromatic rings. The molecule has 7 nitrogen and oxygen atoms in total. The number of aromatic amines is 1. The molecule has 0 radical (unpaired) electrons. The second-order valence-electron chi connectivity index (χ2n) is 8.63. The minimum absolute atomic E-state index is 0.163. The topological polar surface area (TPSA) is 117 Å². The average molecular weight is 424 g/mol. The van der Waals surface area contributed by atoms with E-state index >= 15 is 0 Å². The van der Waals surface area contributed by atoms with Gasteiger partial charge in [-0.15, -0.1) is 0 Å². The van der Waals surface area contributed by atoms with Crippen LogP contribution < -0.4 is 15.8 Å². The number of carbonyl (C=O) groups excluding carboxylic acids is 1. The van der Waals surface area contributed by atoms with Crippen molar-refractivity contribution in [3.63, 3.8) is 0 Å². The van der Waals surface area contributed by atoms with Crippen LogP contribution in [0.4, 0.5) is 0 Å². The number of aromatic nitrogens is 1. The van der Waals surface area contributed by atoms with Crippen LogP contribution in [-0.4, -0.2) is 39.7 Å². The van der Waals surface area contributed by atoms with Crippen molar-refractivity contribution < 1.29 is 19.4 Å². The number of H-pyrrole nitrogens is 1. The first-order chi connectivity index (χ1) is 14.6. The molecule has 1 aromatic heterocycles. The average Bonchev–Trinajstić information content (AvgIpc) is 3.10. The van der Waals surface area contributed by atoms with Crippen LogP contribution in [0.25, 0.3) is 10.9 Å². The Hall–Kier alpha value is -3.32. The number of hydrogen-bond acceptors (Lipinski definition) is 4. The first kappa shape index (κ1) is 22.4. The highest BCUT2D eigenvalue weighted by Crippen LogP contribution is 2.20. The Kier molecular flexibility index (Phi) is 6.65. The maximum absolute atomic E-state index is 12.6. The first-order valence-electron chi connectivity index (χ1n) is 10.2. The molecule has 0 aliphatic rings. The van der Waals surface area contributed by atoms with Crippen LogP contribution in [-0.2, 0) is 22.4 Å². The van der Waals surface area contributed by atoms with Gasteiger partial charge in [0.2, 0.25) is 5.91 Å². The van der Waals surface area contributed by atoms with Crippen molar-refractivity contribution in [3.8, 4) is 5.75 Å². The van der Waals surface area contributed by atoms with Crippen molar-refractivity contribution >= 4 is 22.8 Å². The third-order valence-corrected chi connectivity index (χ3v) is 4.85. The lowest BCUT2D eigenvalue weighted by molar-refractivity contribution is -0.141. The summed E-state index contributed by atoms with van der Waals surface area (Å²) in [5.74, 6) is -0.865. The molecule has 3 rings (SSSR count). The maximum Gasteiger partial charge on any atom is 0.326 e. The number of fused-ring (bicyclic) bond motifs is 1. The molecule has 0 bridgehead atoms. The first-order valence-corrected chi connectivity index (χ1v) is 10.2. The molecule has 0 saturated heterocycles. The van der Waals surface area contributed by atoms with Crippen LogP contribution in [0.5, 0.6) is 5.75 Å². The fraction of sp³-hybridized carbons (Fsp3) is 0.333. The Morgan fingerprint density at radius 1 is 1.10 bits per heavy atom. The monoisotopic (exact) mass is 423 g/mol. The Morgan fingerprint density at radius 3 is 2.42 bits per heavy atom. The second-order valence-corrected chi connectivity index (χ2v) is 8.63. The Morgan fingerprint density at radius 2 is 1.77 bits per heavy atom. The van der Waals surface area contributed by atoms with Crippen molar-refractivity contribution in [2.45, 2.75) is 51.3 Å². The minimum atomic E-state index is -1.10. The minimum Gasteiger partial charge on any atom is -0.488 e. The quantitative estimate of drug-likeness (QED) is 0.444. The molecular formula is C24H29N3O4. The van der Waals surface area contributed by atoms with E-state index in [1.807, 2.05) is 69.3 Å². The summed E-state index contributed by atoms with van der Waals surface area (Å²) >= 11 is 0. The van der Waals surface area contributed by atoms with Crippen molar-refractivity contribution in [2.24, 2.45) is 5.73 Å². The van der Waals surface area contributed by atoms with E-state index < -0.39 is 24.0 Å². The zero-order chi connectivity index (χ0) is 22.6. The Bertz CT molecular complexity index is 1050. The SMILES string of the molecule is CC(C)(C)Oc1ccc(CC(N)C(=O)NC(Cc2c[nH]c3ccccc23)C(=O)O)cc1. The summed E-state index contributed by atoms with van der Waals surface area (Å²) in [6, 6.07) is 13.1. The number of benzene rings is 2. The molecule has 0 aliphatic carbocycles. The zero-order valence-electron chi connectivity index (χ0n) is 18.0. The number of nitrogens with two attached hydrogens (primary N) is 1. The standard InChI is InChI=1S/C24H29N3O4/c1-24(2,3)31-17-10-8-15(9-11-17)12-19(25)22(28)27-21(23(29)30)13-16-14-26-20-7-5-4-6-18(16)20/h4-11,14,19,21,26H,12-13,25H2,1-3H3,(H,27,28)(H,29,30). The van der Waals surface area contributed by atoms with Crippen LogP contribution in [0.1, 0.15) is 31.9 Å². The summed E-state index contributed by atoms with van der Waals surface area (Å²) < 4.78 is 5.79. The summed E-state index contributed by atoms with van der Waals surface area (Å²) in [5.41, 5.74) is 8.38. The highest BCUT2D eigenvalue weighted by molar-refractivity contribution is 5.88. The van der Waals surface area contributed by atoms with E-state index in [1.165, 1.54) is 0 Å². The van der Waals surface area contributed by atoms with E-state index in [2.05, 4.69) is 10.3 Å². The van der Waals surface area contributed by atoms with E-state index in [-0.39, 0.29) is 12.0 Å². The van der Waals surface area contributed by atoms with Gasteiger partial charge in [0, 0.05) is 23.5 Å². The molecule has 1 heterocycles. The van der Waals surface area contributed by atoms with Crippen LogP contribution in [0, 0.1) is 0 Å². The maximum atomic E-state index is 12.6. The van der Waals surface area contributed by atoms with Crippen LogP contribution in [0.15, 0.2) is 54.7 Å². The van der Waals surface area contributed by atoms with Gasteiger partial charge in [-0.3, -0.25) is 4.79 Å². The van der Waals surface area contributed by atoms with Crippen molar-refractivity contribution in [2.75, 3.05) is 0 Å². The number of hydrogen-bond donors (Lipinski definition) is 4. The molecule has 0 saturated carbocycles. The number of carboxylic acids is 1. The van der Waals surface area contributed by atoms with Gasteiger partial charge < -0.3 is 25.9 Å². The third-order valence-electron chi connectivity index (χ3n) is 4.85. The summed E-state index contributed by atoms with van der Waals surface area (Å²) in [6.07, 6.45) is 2.23. The smallest absolute Gasteiger partial charge is 0.326 e. The predicted octanol–water partition coefficient (Wildman–Crippen LogP) is 3.03. The fourth-order valence-electron chi connectivity index (χ4n) is 3.39. The third kappa shape index (κ3) is 6.08. The molecule has 2 unspecified atom stereocenters. The number of aliphatic carboxylic acids is 1. The number of carboxylic acid groups (broad SMARTS) is 1. The molecule has 0 fully saturated rings. The zero-order valence-corrected chi connectivity index (χ0v) is 18.0. The normalized spacial score (nSPS) is 13.5. The molecule has 2 aromatic carbocycles. The van der Waals surface area contributed by atoms with Gasteiger partial charge in [0.15, 0.2) is 0 Å². The fourth-order valence-corrected chi connectivity index (χ4v) is 3.39. The number of para-hydroxylation sites is 1. The summed E-state index contributed by atoms with van der Waals surface area (Å²) in [5, 5.41) is 13.1. The largest absolute Gasteiger partial charge is 0.488 e. The van der Waals surface area contributed by atoms with E-state index in [0.29, 0.717) is 6.42 Å². The molecule has 0 spiro atoms. The summed E-state index contributed by atoms with van der Waals surface area (Å²) in [6.45, 7) is 5.91. The van der Waals surface area contributed by atoms with Gasteiger partial charge in [0.1, 0.15) is 17.4 Å². The number of carbonyl (C=O) groups is 2. The lowest BCUT2D eigenvalue weighted by atomic mass is 10.0. The van der Waals surface area contributed by atoms with Gasteiger partial charge >= 0.3 is 5.97 Å². The molecule has 0 aliphatic heterocycles. The van der Waals surface area contributed by atoms with E-state index in [1.54, 1.807) is 6.20 Å². The van der Waals surface area contributed by atoms with Crippen molar-refractivity contribution in [3.05, 3.63) is 65.9 Å². The highest BCUT2D eigenvalue weighted by atomic mass is 16.5. The van der Waals surface area contributed by atoms with Crippen LogP contribution >= 0.6 is 0 Å². The Labute approximate surface area is 181 Å². The van der Waals surface area contributed by atoms with Gasteiger partial charge in [-0.2, -0.15) is 0 Å². The van der Waals surface area contributed by atoms with Gasteiger partial charge in [-0.05, 0) is 56.5 Å². The molecule has 31 heavy (non-hydrogen) atoms. The number of nitrogens with one attached hydrogen (secondary N) is 2. The number of ether oxygens (including phenoxy) is 1. The number of amides is 1. The molecule has 5 N–H and O–H groups in total. The van der Waals surface area contributed by atoms with Crippen LogP contribution in [0.2, 0.25) is 0 Å². The van der Waals surface area contributed by atoms with Gasteiger partial charge in [0.05, 0.1) is 6.04 Å².